The van der Waals surface area contributed by atoms with Crippen molar-refractivity contribution in [1.82, 2.24) is 4.57 Å². The van der Waals surface area contributed by atoms with Crippen LogP contribution in [0.4, 0.5) is 0 Å². The predicted octanol–water partition coefficient (Wildman–Crippen LogP) is 4.86. The Bertz CT molecular complexity index is 698. The quantitative estimate of drug-likeness (QED) is 0.551. The van der Waals surface area contributed by atoms with E-state index in [1.54, 1.807) is 0 Å². The summed E-state index contributed by atoms with van der Waals surface area (Å²) in [6, 6.07) is 12.7. The molecule has 0 aliphatic carbocycles. The second-order valence-corrected chi connectivity index (χ2v) is 5.63. The number of aromatic nitrogens is 1. The summed E-state index contributed by atoms with van der Waals surface area (Å²) < 4.78 is 4.45. The van der Waals surface area contributed by atoms with Gasteiger partial charge in [0, 0.05) is 32.3 Å². The third-order valence-electron chi connectivity index (χ3n) is 2.93. The fourth-order valence-corrected chi connectivity index (χ4v) is 3.61. The van der Waals surface area contributed by atoms with Crippen LogP contribution in [0.15, 0.2) is 45.3 Å². The van der Waals surface area contributed by atoms with E-state index in [0.29, 0.717) is 0 Å². The molecular weight excluding hydrogens is 330 g/mol. The monoisotopic (exact) mass is 337 g/mol. The van der Waals surface area contributed by atoms with E-state index in [9.17, 15) is 0 Å². The first-order valence-corrected chi connectivity index (χ1v) is 6.59. The van der Waals surface area contributed by atoms with E-state index < -0.39 is 0 Å². The Morgan fingerprint density at radius 3 is 2.56 bits per heavy atom. The van der Waals surface area contributed by atoms with E-state index in [0.717, 1.165) is 8.95 Å². The minimum absolute atomic E-state index is 1.10. The molecule has 1 heterocycles. The molecule has 0 fully saturated rings. The molecule has 0 saturated carbocycles. The van der Waals surface area contributed by atoms with Crippen LogP contribution >= 0.6 is 31.9 Å². The van der Waals surface area contributed by atoms with Gasteiger partial charge in [-0.15, -0.1) is 0 Å². The zero-order valence-electron chi connectivity index (χ0n) is 8.67. The second-order valence-electron chi connectivity index (χ2n) is 3.86. The van der Waals surface area contributed by atoms with Crippen molar-refractivity contribution in [2.45, 2.75) is 0 Å². The Labute approximate surface area is 110 Å². The van der Waals surface area contributed by atoms with Gasteiger partial charge in [-0.25, -0.2) is 0 Å². The number of hydrogen-bond acceptors (Lipinski definition) is 0. The smallest absolute Gasteiger partial charge is 0.0511 e. The summed E-state index contributed by atoms with van der Waals surface area (Å²) in [7, 11) is 2.10. The van der Waals surface area contributed by atoms with Crippen molar-refractivity contribution >= 4 is 53.7 Å². The Kier molecular flexibility index (Phi) is 2.33. The van der Waals surface area contributed by atoms with Crippen molar-refractivity contribution in [3.8, 4) is 0 Å². The fraction of sp³-hybridized carbons (Fsp3) is 0.0769. The number of hydrogen-bond donors (Lipinski definition) is 0. The first kappa shape index (κ1) is 10.4. The summed E-state index contributed by atoms with van der Waals surface area (Å²) >= 11 is 7.17. The van der Waals surface area contributed by atoms with Crippen LogP contribution < -0.4 is 0 Å². The van der Waals surface area contributed by atoms with Gasteiger partial charge in [0.25, 0.3) is 0 Å². The highest BCUT2D eigenvalue weighted by Crippen LogP contribution is 2.35. The highest BCUT2D eigenvalue weighted by Gasteiger charge is 2.10. The zero-order valence-corrected chi connectivity index (χ0v) is 11.8. The molecule has 3 aromatic rings. The van der Waals surface area contributed by atoms with Gasteiger partial charge in [0.15, 0.2) is 0 Å². The third kappa shape index (κ3) is 1.35. The molecule has 0 spiro atoms. The minimum atomic E-state index is 1.10. The number of rotatable bonds is 0. The lowest BCUT2D eigenvalue weighted by Gasteiger charge is -1.99. The molecule has 0 N–H and O–H groups in total. The van der Waals surface area contributed by atoms with Crippen molar-refractivity contribution in [2.75, 3.05) is 0 Å². The van der Waals surface area contributed by atoms with Gasteiger partial charge in [-0.1, -0.05) is 50.1 Å². The predicted molar refractivity (Wildman–Crippen MR) is 75.8 cm³/mol. The largest absolute Gasteiger partial charge is 0.344 e. The molecule has 0 aliphatic rings. The van der Waals surface area contributed by atoms with Crippen LogP contribution in [0.1, 0.15) is 0 Å². The average molecular weight is 339 g/mol. The first-order valence-electron chi connectivity index (χ1n) is 5.00. The number of nitrogens with zero attached hydrogens (tertiary/aromatic N) is 1. The molecule has 0 atom stereocenters. The van der Waals surface area contributed by atoms with E-state index in [4.69, 9.17) is 0 Å². The Balaban J connectivity index is 2.67. The Morgan fingerprint density at radius 1 is 1.00 bits per heavy atom. The minimum Gasteiger partial charge on any atom is -0.344 e. The molecule has 0 amide bonds. The molecule has 3 heteroatoms. The van der Waals surface area contributed by atoms with Gasteiger partial charge in [0.05, 0.1) is 5.52 Å². The molecule has 0 bridgehead atoms. The van der Waals surface area contributed by atoms with Crippen molar-refractivity contribution in [3.63, 3.8) is 0 Å². The maximum Gasteiger partial charge on any atom is 0.0511 e. The highest BCUT2D eigenvalue weighted by atomic mass is 79.9. The Hall–Kier alpha value is -0.800. The van der Waals surface area contributed by atoms with Crippen molar-refractivity contribution in [3.05, 3.63) is 45.3 Å². The van der Waals surface area contributed by atoms with Crippen molar-refractivity contribution < 1.29 is 0 Å². The van der Waals surface area contributed by atoms with Crippen molar-refractivity contribution in [1.29, 1.82) is 0 Å². The lowest BCUT2D eigenvalue weighted by Crippen LogP contribution is -1.85. The number of benzene rings is 2. The number of fused-ring (bicyclic) bond motifs is 3. The number of para-hydroxylation sites is 1. The molecule has 0 saturated heterocycles. The molecule has 16 heavy (non-hydrogen) atoms. The average Bonchev–Trinajstić information content (AvgIpc) is 2.54. The molecule has 0 radical (unpaired) electrons. The Morgan fingerprint density at radius 2 is 1.75 bits per heavy atom. The van der Waals surface area contributed by atoms with Crippen LogP contribution in [-0.4, -0.2) is 4.57 Å². The summed E-state index contributed by atoms with van der Waals surface area (Å²) in [6.07, 6.45) is 0. The summed E-state index contributed by atoms with van der Waals surface area (Å²) in [6.45, 7) is 0. The fourth-order valence-electron chi connectivity index (χ4n) is 2.20. The molecular formula is C13H9Br2N. The van der Waals surface area contributed by atoms with Crippen molar-refractivity contribution in [2.24, 2.45) is 7.05 Å². The van der Waals surface area contributed by atoms with Gasteiger partial charge in [0.1, 0.15) is 0 Å². The van der Waals surface area contributed by atoms with E-state index >= 15 is 0 Å². The van der Waals surface area contributed by atoms with Gasteiger partial charge in [-0.3, -0.25) is 0 Å². The van der Waals surface area contributed by atoms with E-state index in [1.807, 2.05) is 0 Å². The maximum absolute atomic E-state index is 3.64. The SMILES string of the molecule is Cn1c2ccccc2c2c(Br)cc(Br)cc21. The lowest BCUT2D eigenvalue weighted by atomic mass is 10.2. The summed E-state index contributed by atoms with van der Waals surface area (Å²) in [5.41, 5.74) is 2.50. The lowest BCUT2D eigenvalue weighted by molar-refractivity contribution is 1.01. The van der Waals surface area contributed by atoms with Crippen LogP contribution in [0, 0.1) is 0 Å². The zero-order chi connectivity index (χ0) is 11.3. The molecule has 3 rings (SSSR count). The molecule has 2 aromatic carbocycles. The summed E-state index contributed by atoms with van der Waals surface area (Å²) in [5.74, 6) is 0. The molecule has 1 aromatic heterocycles. The van der Waals surface area contributed by atoms with Gasteiger partial charge in [-0.2, -0.15) is 0 Å². The van der Waals surface area contributed by atoms with Gasteiger partial charge < -0.3 is 4.57 Å². The van der Waals surface area contributed by atoms with Crippen LogP contribution in [0.2, 0.25) is 0 Å². The number of halogens is 2. The standard InChI is InChI=1S/C13H9Br2N/c1-16-11-5-3-2-4-9(11)13-10(15)6-8(14)7-12(13)16/h2-7H,1H3. The normalized spacial score (nSPS) is 11.4. The third-order valence-corrected chi connectivity index (χ3v) is 4.01. The van der Waals surface area contributed by atoms with Crippen LogP contribution in [0.3, 0.4) is 0 Å². The molecule has 80 valence electrons. The number of aryl methyl sites for hydroxylation is 1. The van der Waals surface area contributed by atoms with E-state index in [1.165, 1.54) is 21.8 Å². The summed E-state index contributed by atoms with van der Waals surface area (Å²) in [5, 5.41) is 2.57. The van der Waals surface area contributed by atoms with Gasteiger partial charge in [-0.05, 0) is 18.2 Å². The molecule has 1 nitrogen and oxygen atoms in total. The topological polar surface area (TPSA) is 4.93 Å². The first-order chi connectivity index (χ1) is 7.68. The van der Waals surface area contributed by atoms with E-state index in [2.05, 4.69) is 79.9 Å². The van der Waals surface area contributed by atoms with Crippen LogP contribution in [0.25, 0.3) is 21.8 Å². The van der Waals surface area contributed by atoms with E-state index in [-0.39, 0.29) is 0 Å². The second kappa shape index (κ2) is 3.60. The maximum atomic E-state index is 3.64. The van der Waals surface area contributed by atoms with Gasteiger partial charge >= 0.3 is 0 Å². The molecule has 0 unspecified atom stereocenters. The van der Waals surface area contributed by atoms with Crippen LogP contribution in [0.5, 0.6) is 0 Å². The van der Waals surface area contributed by atoms with Crippen LogP contribution in [-0.2, 0) is 7.05 Å². The van der Waals surface area contributed by atoms with Gasteiger partial charge in [0.2, 0.25) is 0 Å². The highest BCUT2D eigenvalue weighted by molar-refractivity contribution is 9.11. The molecule has 0 aliphatic heterocycles. The summed E-state index contributed by atoms with van der Waals surface area (Å²) in [4.78, 5) is 0.